The third kappa shape index (κ3) is 1.08. The summed E-state index contributed by atoms with van der Waals surface area (Å²) in [6, 6.07) is 0.389. The minimum atomic E-state index is -0.746. The second-order valence-electron chi connectivity index (χ2n) is 2.98. The van der Waals surface area contributed by atoms with Gasteiger partial charge in [-0.05, 0) is 13.8 Å². The first-order valence-electron chi connectivity index (χ1n) is 3.43. The van der Waals surface area contributed by atoms with E-state index in [-0.39, 0.29) is 5.91 Å². The highest BCUT2D eigenvalue weighted by Gasteiger charge is 2.43. The molecule has 11 heavy (non-hydrogen) atoms. The van der Waals surface area contributed by atoms with E-state index in [1.807, 2.05) is 0 Å². The van der Waals surface area contributed by atoms with Crippen molar-refractivity contribution in [3.8, 4) is 0 Å². The Hall–Kier alpha value is -1.06. The van der Waals surface area contributed by atoms with Gasteiger partial charge in [0.25, 0.3) is 11.9 Å². The average Bonchev–Trinajstić information content (AvgIpc) is 2.13. The zero-order valence-corrected chi connectivity index (χ0v) is 7.21. The highest BCUT2D eigenvalue weighted by atomic mass is 16.5. The third-order valence-electron chi connectivity index (χ3n) is 1.64. The Kier molecular flexibility index (Phi) is 1.62. The van der Waals surface area contributed by atoms with Crippen LogP contribution in [0.4, 0.5) is 0 Å². The van der Waals surface area contributed by atoms with E-state index in [0.29, 0.717) is 6.02 Å². The fraction of sp³-hybridized carbons (Fsp3) is 0.714. The fourth-order valence-corrected chi connectivity index (χ4v) is 1.03. The highest BCUT2D eigenvalue weighted by Crippen LogP contribution is 2.21. The first-order chi connectivity index (χ1) is 4.99. The Morgan fingerprint density at radius 1 is 1.55 bits per heavy atom. The van der Waals surface area contributed by atoms with E-state index in [9.17, 15) is 4.79 Å². The van der Waals surface area contributed by atoms with Gasteiger partial charge >= 0.3 is 0 Å². The van der Waals surface area contributed by atoms with Gasteiger partial charge in [-0.1, -0.05) is 0 Å². The topological polar surface area (TPSA) is 41.9 Å². The summed E-state index contributed by atoms with van der Waals surface area (Å²) in [6.07, 6.45) is 0. The maximum absolute atomic E-state index is 11.3. The van der Waals surface area contributed by atoms with Gasteiger partial charge in [0.15, 0.2) is 5.60 Å². The van der Waals surface area contributed by atoms with Gasteiger partial charge in [-0.2, -0.15) is 0 Å². The number of amides is 1. The van der Waals surface area contributed by atoms with Crippen LogP contribution < -0.4 is 0 Å². The van der Waals surface area contributed by atoms with Crippen molar-refractivity contribution in [3.05, 3.63) is 0 Å². The average molecular weight is 156 g/mol. The van der Waals surface area contributed by atoms with Crippen LogP contribution in [0.15, 0.2) is 4.99 Å². The van der Waals surface area contributed by atoms with Gasteiger partial charge in [-0.25, -0.2) is 4.99 Å². The van der Waals surface area contributed by atoms with Gasteiger partial charge in [0.05, 0.1) is 0 Å². The summed E-state index contributed by atoms with van der Waals surface area (Å²) in [5.74, 6) is -0.0573. The van der Waals surface area contributed by atoms with Gasteiger partial charge in [0.2, 0.25) is 0 Å². The molecule has 0 aromatic heterocycles. The molecule has 1 aliphatic rings. The molecular formula is C7H12N2O2. The van der Waals surface area contributed by atoms with Crippen molar-refractivity contribution in [2.45, 2.75) is 19.4 Å². The van der Waals surface area contributed by atoms with E-state index in [4.69, 9.17) is 4.74 Å². The SMILES string of the molecule is CN=C1OC(C)(C)C(=O)N1C. The first-order valence-corrected chi connectivity index (χ1v) is 3.43. The lowest BCUT2D eigenvalue weighted by Crippen LogP contribution is -2.33. The van der Waals surface area contributed by atoms with Gasteiger partial charge in [0.1, 0.15) is 0 Å². The minimum Gasteiger partial charge on any atom is -0.449 e. The number of rotatable bonds is 0. The lowest BCUT2D eigenvalue weighted by molar-refractivity contribution is -0.133. The molecule has 0 aliphatic carbocycles. The maximum atomic E-state index is 11.3. The molecule has 4 nitrogen and oxygen atoms in total. The Labute approximate surface area is 65.9 Å². The van der Waals surface area contributed by atoms with Crippen LogP contribution in [0.25, 0.3) is 0 Å². The van der Waals surface area contributed by atoms with Gasteiger partial charge < -0.3 is 4.74 Å². The second kappa shape index (κ2) is 2.22. The standard InChI is InChI=1S/C7H12N2O2/c1-7(2)5(10)9(4)6(8-3)11-7/h1-4H3. The smallest absolute Gasteiger partial charge is 0.294 e. The van der Waals surface area contributed by atoms with E-state index >= 15 is 0 Å². The summed E-state index contributed by atoms with van der Waals surface area (Å²) < 4.78 is 5.25. The number of carbonyl (C=O) groups excluding carboxylic acids is 1. The quantitative estimate of drug-likeness (QED) is 0.504. The van der Waals surface area contributed by atoms with Crippen molar-refractivity contribution < 1.29 is 9.53 Å². The van der Waals surface area contributed by atoms with E-state index in [1.165, 1.54) is 4.90 Å². The van der Waals surface area contributed by atoms with Crippen molar-refractivity contribution in [1.29, 1.82) is 0 Å². The molecule has 0 radical (unpaired) electrons. The normalized spacial score (nSPS) is 26.0. The molecule has 0 spiro atoms. The van der Waals surface area contributed by atoms with E-state index in [1.54, 1.807) is 27.9 Å². The predicted octanol–water partition coefficient (Wildman–Crippen LogP) is 0.239. The van der Waals surface area contributed by atoms with Crippen LogP contribution in [0.3, 0.4) is 0 Å². The zero-order valence-electron chi connectivity index (χ0n) is 7.21. The molecule has 1 aliphatic heterocycles. The molecule has 0 aromatic rings. The van der Waals surface area contributed by atoms with Crippen LogP contribution in [-0.2, 0) is 9.53 Å². The number of likely N-dealkylation sites (N-methyl/N-ethyl adjacent to an activating group) is 1. The summed E-state index contributed by atoms with van der Waals surface area (Å²) in [7, 11) is 3.25. The second-order valence-corrected chi connectivity index (χ2v) is 2.98. The van der Waals surface area contributed by atoms with Crippen LogP contribution in [0.5, 0.6) is 0 Å². The lowest BCUT2D eigenvalue weighted by atomic mass is 10.1. The number of carbonyl (C=O) groups is 1. The number of ether oxygens (including phenoxy) is 1. The molecule has 0 aromatic carbocycles. The molecule has 0 unspecified atom stereocenters. The van der Waals surface area contributed by atoms with Crippen LogP contribution in [0.2, 0.25) is 0 Å². The van der Waals surface area contributed by atoms with Gasteiger partial charge in [-0.15, -0.1) is 0 Å². The third-order valence-corrected chi connectivity index (χ3v) is 1.64. The highest BCUT2D eigenvalue weighted by molar-refractivity contribution is 6.03. The molecule has 0 bridgehead atoms. The Morgan fingerprint density at radius 2 is 2.09 bits per heavy atom. The van der Waals surface area contributed by atoms with Crippen molar-refractivity contribution >= 4 is 11.9 Å². The molecule has 0 saturated carbocycles. The van der Waals surface area contributed by atoms with Gasteiger partial charge in [0, 0.05) is 14.1 Å². The Balaban J connectivity index is 2.95. The summed E-state index contributed by atoms with van der Waals surface area (Å²) in [4.78, 5) is 16.5. The van der Waals surface area contributed by atoms with Crippen molar-refractivity contribution in [2.24, 2.45) is 4.99 Å². The summed E-state index contributed by atoms with van der Waals surface area (Å²) in [6.45, 7) is 3.45. The fourth-order valence-electron chi connectivity index (χ4n) is 1.03. The van der Waals surface area contributed by atoms with E-state index < -0.39 is 5.60 Å². The molecule has 1 heterocycles. The minimum absolute atomic E-state index is 0.0573. The number of amidine groups is 1. The predicted molar refractivity (Wildman–Crippen MR) is 41.3 cm³/mol. The maximum Gasteiger partial charge on any atom is 0.294 e. The molecule has 1 rings (SSSR count). The molecule has 0 atom stereocenters. The molecule has 4 heteroatoms. The Bertz CT molecular complexity index is 220. The molecule has 1 amide bonds. The zero-order chi connectivity index (χ0) is 8.65. The first kappa shape index (κ1) is 8.04. The number of nitrogens with zero attached hydrogens (tertiary/aromatic N) is 2. The van der Waals surface area contributed by atoms with Gasteiger partial charge in [-0.3, -0.25) is 9.69 Å². The summed E-state index contributed by atoms with van der Waals surface area (Å²) >= 11 is 0. The number of hydrogen-bond donors (Lipinski definition) is 0. The molecule has 62 valence electrons. The molecule has 1 saturated heterocycles. The molecule has 1 fully saturated rings. The van der Waals surface area contributed by atoms with E-state index in [2.05, 4.69) is 4.99 Å². The van der Waals surface area contributed by atoms with Crippen LogP contribution in [0.1, 0.15) is 13.8 Å². The van der Waals surface area contributed by atoms with Crippen molar-refractivity contribution in [3.63, 3.8) is 0 Å². The molecule has 0 N–H and O–H groups in total. The summed E-state index contributed by atoms with van der Waals surface area (Å²) in [5, 5.41) is 0. The number of hydrogen-bond acceptors (Lipinski definition) is 3. The van der Waals surface area contributed by atoms with Crippen molar-refractivity contribution in [2.75, 3.05) is 14.1 Å². The summed E-state index contributed by atoms with van der Waals surface area (Å²) in [5.41, 5.74) is -0.746. The largest absolute Gasteiger partial charge is 0.449 e. The van der Waals surface area contributed by atoms with Crippen LogP contribution >= 0.6 is 0 Å². The van der Waals surface area contributed by atoms with E-state index in [0.717, 1.165) is 0 Å². The number of aliphatic imine (C=N–C) groups is 1. The lowest BCUT2D eigenvalue weighted by Gasteiger charge is -2.11. The van der Waals surface area contributed by atoms with Crippen LogP contribution in [-0.4, -0.2) is 36.5 Å². The Morgan fingerprint density at radius 3 is 2.27 bits per heavy atom. The molecular weight excluding hydrogens is 144 g/mol. The van der Waals surface area contributed by atoms with Crippen LogP contribution in [0, 0.1) is 0 Å². The monoisotopic (exact) mass is 156 g/mol. The van der Waals surface area contributed by atoms with Crippen molar-refractivity contribution in [1.82, 2.24) is 4.90 Å².